The van der Waals surface area contributed by atoms with E-state index in [-0.39, 0.29) is 40.8 Å². The second kappa shape index (κ2) is 5.01. The van der Waals surface area contributed by atoms with Crippen LogP contribution in [0, 0.1) is 11.8 Å². The minimum atomic E-state index is -1.74. The minimum absolute atomic E-state index is 0.0712. The van der Waals surface area contributed by atoms with Crippen LogP contribution in [0.5, 0.6) is 5.75 Å². The van der Waals surface area contributed by atoms with Crippen LogP contribution < -0.4 is 0 Å². The summed E-state index contributed by atoms with van der Waals surface area (Å²) in [4.78, 5) is 25.7. The van der Waals surface area contributed by atoms with Crippen LogP contribution >= 0.6 is 0 Å². The number of benzene rings is 1. The third-order valence-corrected chi connectivity index (χ3v) is 5.78. The summed E-state index contributed by atoms with van der Waals surface area (Å²) in [5.41, 5.74) is -0.130. The summed E-state index contributed by atoms with van der Waals surface area (Å²) in [5.74, 6) is -1.49. The normalized spacial score (nSPS) is 35.4. The number of fused-ring (bicyclic) bond motifs is 3. The summed E-state index contributed by atoms with van der Waals surface area (Å²) >= 11 is 0. The Bertz CT molecular complexity index is 793. The fourth-order valence-corrected chi connectivity index (χ4v) is 4.69. The number of ketones is 2. The molecule has 5 heteroatoms. The molecule has 0 fully saturated rings. The Morgan fingerprint density at radius 1 is 1.21 bits per heavy atom. The number of aliphatic hydroxyl groups excluding tert-OH is 1. The van der Waals surface area contributed by atoms with Crippen LogP contribution in [0.4, 0.5) is 0 Å². The Morgan fingerprint density at radius 3 is 2.71 bits per heavy atom. The van der Waals surface area contributed by atoms with Gasteiger partial charge in [-0.15, -0.1) is 0 Å². The van der Waals surface area contributed by atoms with Gasteiger partial charge in [0.25, 0.3) is 0 Å². The molecule has 1 aromatic rings. The zero-order chi connectivity index (χ0) is 17.2. The summed E-state index contributed by atoms with van der Waals surface area (Å²) in [6, 6.07) is 4.46. The van der Waals surface area contributed by atoms with Gasteiger partial charge in [0.15, 0.2) is 11.6 Å². The van der Waals surface area contributed by atoms with Gasteiger partial charge in [-0.25, -0.2) is 0 Å². The fourth-order valence-electron chi connectivity index (χ4n) is 4.69. The molecule has 126 valence electrons. The SMILES string of the molecule is C[C@@H]1CC(=O)C2=C(CC[C@]3(O)[C@H]2C(=O)c2cccc(O)c2[C@H]3O)C1. The van der Waals surface area contributed by atoms with Gasteiger partial charge in [0.1, 0.15) is 17.5 Å². The van der Waals surface area contributed by atoms with Gasteiger partial charge in [-0.1, -0.05) is 24.6 Å². The van der Waals surface area contributed by atoms with E-state index in [1.165, 1.54) is 18.2 Å². The number of carbonyl (C=O) groups excluding carboxylic acids is 2. The zero-order valence-corrected chi connectivity index (χ0v) is 13.5. The third kappa shape index (κ3) is 1.88. The van der Waals surface area contributed by atoms with Crippen molar-refractivity contribution >= 4 is 11.6 Å². The zero-order valence-electron chi connectivity index (χ0n) is 13.5. The van der Waals surface area contributed by atoms with E-state index >= 15 is 0 Å². The van der Waals surface area contributed by atoms with Crippen molar-refractivity contribution < 1.29 is 24.9 Å². The molecule has 3 aliphatic carbocycles. The molecule has 1 aromatic carbocycles. The Morgan fingerprint density at radius 2 is 1.96 bits per heavy atom. The van der Waals surface area contributed by atoms with Gasteiger partial charge in [-0.3, -0.25) is 9.59 Å². The van der Waals surface area contributed by atoms with E-state index in [0.29, 0.717) is 18.4 Å². The minimum Gasteiger partial charge on any atom is -0.508 e. The molecule has 4 atom stereocenters. The molecule has 24 heavy (non-hydrogen) atoms. The summed E-state index contributed by atoms with van der Waals surface area (Å²) < 4.78 is 0. The van der Waals surface area contributed by atoms with Crippen LogP contribution in [0.15, 0.2) is 29.3 Å². The maximum atomic E-state index is 13.1. The van der Waals surface area contributed by atoms with Gasteiger partial charge in [0.2, 0.25) is 0 Å². The number of hydrogen-bond donors (Lipinski definition) is 3. The highest BCUT2D eigenvalue weighted by molar-refractivity contribution is 6.11. The summed E-state index contributed by atoms with van der Waals surface area (Å²) in [5, 5.41) is 32.0. The highest BCUT2D eigenvalue weighted by Gasteiger charge is 2.58. The first-order valence-corrected chi connectivity index (χ1v) is 8.36. The van der Waals surface area contributed by atoms with E-state index in [1.807, 2.05) is 6.92 Å². The van der Waals surface area contributed by atoms with Gasteiger partial charge in [0.05, 0.1) is 5.92 Å². The topological polar surface area (TPSA) is 94.8 Å². The monoisotopic (exact) mass is 328 g/mol. The number of Topliss-reactive ketones (excluding diaryl/α,β-unsaturated/α-hetero) is 2. The van der Waals surface area contributed by atoms with Gasteiger partial charge in [-0.2, -0.15) is 0 Å². The van der Waals surface area contributed by atoms with Crippen LogP contribution in [-0.4, -0.2) is 32.5 Å². The van der Waals surface area contributed by atoms with Crippen LogP contribution in [0.3, 0.4) is 0 Å². The summed E-state index contributed by atoms with van der Waals surface area (Å²) in [7, 11) is 0. The van der Waals surface area contributed by atoms with E-state index in [9.17, 15) is 24.9 Å². The van der Waals surface area contributed by atoms with Crippen LogP contribution in [0.1, 0.15) is 54.6 Å². The number of aliphatic hydroxyl groups is 2. The van der Waals surface area contributed by atoms with Crippen molar-refractivity contribution in [1.82, 2.24) is 0 Å². The maximum absolute atomic E-state index is 13.1. The second-order valence-electron chi connectivity index (χ2n) is 7.38. The van der Waals surface area contributed by atoms with Crippen molar-refractivity contribution in [2.75, 3.05) is 0 Å². The second-order valence-corrected chi connectivity index (χ2v) is 7.38. The van der Waals surface area contributed by atoms with Crippen molar-refractivity contribution in [3.05, 3.63) is 40.5 Å². The summed E-state index contributed by atoms with van der Waals surface area (Å²) in [6.45, 7) is 2.01. The number of phenols is 1. The molecule has 3 aliphatic rings. The molecular weight excluding hydrogens is 308 g/mol. The Hall–Kier alpha value is -1.98. The molecule has 0 aliphatic heterocycles. The molecule has 0 saturated heterocycles. The molecular formula is C19H20O5. The Balaban J connectivity index is 1.94. The Labute approximate surface area is 139 Å². The first-order valence-electron chi connectivity index (χ1n) is 8.36. The molecule has 0 unspecified atom stereocenters. The molecule has 0 radical (unpaired) electrons. The lowest BCUT2D eigenvalue weighted by atomic mass is 9.58. The van der Waals surface area contributed by atoms with Crippen LogP contribution in [0.2, 0.25) is 0 Å². The molecule has 3 N–H and O–H groups in total. The van der Waals surface area contributed by atoms with Gasteiger partial charge in [-0.05, 0) is 31.2 Å². The quantitative estimate of drug-likeness (QED) is 0.677. The maximum Gasteiger partial charge on any atom is 0.173 e. The number of rotatable bonds is 0. The summed E-state index contributed by atoms with van der Waals surface area (Å²) in [6.07, 6.45) is 0.423. The van der Waals surface area contributed by atoms with E-state index in [2.05, 4.69) is 0 Å². The highest BCUT2D eigenvalue weighted by Crippen LogP contribution is 2.54. The molecule has 0 bridgehead atoms. The smallest absolute Gasteiger partial charge is 0.173 e. The average molecular weight is 328 g/mol. The largest absolute Gasteiger partial charge is 0.508 e. The lowest BCUT2D eigenvalue weighted by Crippen LogP contribution is -2.55. The molecule has 0 saturated carbocycles. The van der Waals surface area contributed by atoms with Crippen LogP contribution in [0.25, 0.3) is 0 Å². The van der Waals surface area contributed by atoms with Crippen molar-refractivity contribution in [3.63, 3.8) is 0 Å². The van der Waals surface area contributed by atoms with Crippen molar-refractivity contribution in [2.45, 2.75) is 44.3 Å². The average Bonchev–Trinajstić information content (AvgIpc) is 2.53. The third-order valence-electron chi connectivity index (χ3n) is 5.78. The van der Waals surface area contributed by atoms with Gasteiger partial charge in [0, 0.05) is 23.1 Å². The lowest BCUT2D eigenvalue weighted by molar-refractivity contribution is -0.128. The van der Waals surface area contributed by atoms with Gasteiger partial charge >= 0.3 is 0 Å². The van der Waals surface area contributed by atoms with E-state index in [0.717, 1.165) is 12.0 Å². The van der Waals surface area contributed by atoms with E-state index < -0.39 is 17.6 Å². The molecule has 0 aromatic heterocycles. The lowest BCUT2D eigenvalue weighted by Gasteiger charge is -2.48. The number of phenolic OH excluding ortho intramolecular Hbond substituents is 1. The number of carbonyl (C=O) groups is 2. The standard InChI is InChI=1S/C19H20O5/c1-9-7-10-5-6-19(24)16(14(10)13(21)8-9)17(22)11-3-2-4-12(20)15(11)18(19)23/h2-4,9,16,18,20,23-24H,5-8H2,1H3/t9-,16+,18+,19-/m0/s1. The van der Waals surface area contributed by atoms with Crippen LogP contribution in [-0.2, 0) is 4.79 Å². The molecule has 4 rings (SSSR count). The number of allylic oxidation sites excluding steroid dienone is 1. The van der Waals surface area contributed by atoms with Gasteiger partial charge < -0.3 is 15.3 Å². The Kier molecular flexibility index (Phi) is 3.24. The highest BCUT2D eigenvalue weighted by atomic mass is 16.3. The predicted octanol–water partition coefficient (Wildman–Crippen LogP) is 2.06. The first kappa shape index (κ1) is 15.5. The van der Waals surface area contributed by atoms with E-state index in [1.54, 1.807) is 0 Å². The van der Waals surface area contributed by atoms with Crippen molar-refractivity contribution in [1.29, 1.82) is 0 Å². The number of hydrogen-bond acceptors (Lipinski definition) is 5. The molecule has 0 spiro atoms. The van der Waals surface area contributed by atoms with Crippen molar-refractivity contribution in [2.24, 2.45) is 11.8 Å². The first-order chi connectivity index (χ1) is 11.3. The predicted molar refractivity (Wildman–Crippen MR) is 85.5 cm³/mol. The molecule has 0 heterocycles. The van der Waals surface area contributed by atoms with E-state index in [4.69, 9.17) is 0 Å². The fraction of sp³-hybridized carbons (Fsp3) is 0.474. The molecule has 0 amide bonds. The molecule has 5 nitrogen and oxygen atoms in total. The van der Waals surface area contributed by atoms with Crippen molar-refractivity contribution in [3.8, 4) is 5.75 Å². The number of aromatic hydroxyl groups is 1.